The molecule has 0 fully saturated rings. The fourth-order valence-corrected chi connectivity index (χ4v) is 5.51. The van der Waals surface area contributed by atoms with Crippen LogP contribution in [0.2, 0.25) is 0 Å². The summed E-state index contributed by atoms with van der Waals surface area (Å²) in [5.74, 6) is -1.40. The van der Waals surface area contributed by atoms with E-state index < -0.39 is 5.97 Å². The van der Waals surface area contributed by atoms with Gasteiger partial charge in [-0.3, -0.25) is 10.2 Å². The highest BCUT2D eigenvalue weighted by Gasteiger charge is 2.39. The van der Waals surface area contributed by atoms with E-state index in [0.717, 1.165) is 34.4 Å². The first-order chi connectivity index (χ1) is 18.7. The molecule has 0 spiro atoms. The van der Waals surface area contributed by atoms with Gasteiger partial charge in [-0.2, -0.15) is 0 Å². The van der Waals surface area contributed by atoms with Gasteiger partial charge in [0.25, 0.3) is 5.91 Å². The monoisotopic (exact) mass is 518 g/mol. The summed E-state index contributed by atoms with van der Waals surface area (Å²) in [7, 11) is 1.51. The Kier molecular flexibility index (Phi) is 6.66. The molecule has 0 saturated carbocycles. The van der Waals surface area contributed by atoms with Gasteiger partial charge in [0.2, 0.25) is 0 Å². The van der Waals surface area contributed by atoms with Crippen LogP contribution in [0, 0.1) is 5.41 Å². The second-order valence-electron chi connectivity index (χ2n) is 10.0. The van der Waals surface area contributed by atoms with Crippen molar-refractivity contribution in [2.75, 3.05) is 12.4 Å². The third kappa shape index (κ3) is 4.75. The van der Waals surface area contributed by atoms with Crippen LogP contribution >= 0.6 is 0 Å². The number of anilines is 1. The molecule has 2 atom stereocenters. The Morgan fingerprint density at radius 3 is 2.41 bits per heavy atom. The number of hydrogen-bond donors (Lipinski definition) is 5. The number of carbonyl (C=O) groups excluding carboxylic acids is 1. The minimum atomic E-state index is -1.09. The summed E-state index contributed by atoms with van der Waals surface area (Å²) in [5, 5.41) is 24.1. The summed E-state index contributed by atoms with van der Waals surface area (Å²) in [4.78, 5) is 24.2. The summed E-state index contributed by atoms with van der Waals surface area (Å²) in [6.07, 6.45) is 0.732. The molecule has 2 unspecified atom stereocenters. The zero-order valence-corrected chi connectivity index (χ0v) is 21.8. The molecule has 1 heterocycles. The lowest BCUT2D eigenvalue weighted by Crippen LogP contribution is -2.35. The number of nitrogens with two attached hydrogens (primary N) is 1. The number of nitrogen functional groups attached to an aromatic ring is 1. The Morgan fingerprint density at radius 1 is 0.974 bits per heavy atom. The number of amides is 1. The van der Waals surface area contributed by atoms with Crippen LogP contribution in [0.1, 0.15) is 62.4 Å². The Morgan fingerprint density at radius 2 is 1.72 bits per heavy atom. The van der Waals surface area contributed by atoms with Crippen molar-refractivity contribution >= 4 is 23.4 Å². The zero-order valence-electron chi connectivity index (χ0n) is 21.8. The van der Waals surface area contributed by atoms with Gasteiger partial charge >= 0.3 is 5.97 Å². The smallest absolute Gasteiger partial charge is 0.336 e. The van der Waals surface area contributed by atoms with Crippen molar-refractivity contribution in [1.82, 2.24) is 5.32 Å². The van der Waals surface area contributed by atoms with Gasteiger partial charge in [0.1, 0.15) is 5.84 Å². The Hall–Kier alpha value is -4.91. The highest BCUT2D eigenvalue weighted by molar-refractivity contribution is 6.01. The van der Waals surface area contributed by atoms with Crippen LogP contribution in [0.5, 0.6) is 0 Å². The Labute approximate surface area is 227 Å². The van der Waals surface area contributed by atoms with E-state index in [2.05, 4.69) is 29.7 Å². The minimum absolute atomic E-state index is 0.0275. The molecular weight excluding hydrogens is 488 g/mol. The quantitative estimate of drug-likeness (QED) is 0.169. The first-order valence-corrected chi connectivity index (χ1v) is 12.7. The number of hydrogen-bond acceptors (Lipinski definition) is 4. The lowest BCUT2D eigenvalue weighted by Gasteiger charge is -2.42. The van der Waals surface area contributed by atoms with E-state index in [-0.39, 0.29) is 28.8 Å². The van der Waals surface area contributed by atoms with Crippen molar-refractivity contribution in [2.24, 2.45) is 5.73 Å². The lowest BCUT2D eigenvalue weighted by atomic mass is 9.68. The van der Waals surface area contributed by atoms with E-state index in [0.29, 0.717) is 16.7 Å². The van der Waals surface area contributed by atoms with Gasteiger partial charge in [0, 0.05) is 29.3 Å². The first-order valence-electron chi connectivity index (χ1n) is 12.7. The van der Waals surface area contributed by atoms with Crippen molar-refractivity contribution < 1.29 is 14.7 Å². The van der Waals surface area contributed by atoms with Gasteiger partial charge in [0.15, 0.2) is 0 Å². The van der Waals surface area contributed by atoms with Gasteiger partial charge in [-0.05, 0) is 70.6 Å². The fraction of sp³-hybridized carbons (Fsp3) is 0.156. The number of carboxylic acid groups (broad SMARTS) is 1. The van der Waals surface area contributed by atoms with E-state index in [1.54, 1.807) is 12.1 Å². The highest BCUT2D eigenvalue weighted by atomic mass is 16.4. The SMILES string of the molecule is CNC(=O)c1ccc(-c2cccc(C3CC(C)(c4ccccc4)c4cc(C(=N)N)ccc4N3)c2)c(C(=O)O)c1. The second kappa shape index (κ2) is 10.1. The molecule has 1 amide bonds. The van der Waals surface area contributed by atoms with E-state index in [4.69, 9.17) is 11.1 Å². The molecule has 1 aliphatic heterocycles. The highest BCUT2D eigenvalue weighted by Crippen LogP contribution is 2.48. The van der Waals surface area contributed by atoms with Crippen LogP contribution < -0.4 is 16.4 Å². The normalized spacial score (nSPS) is 17.9. The van der Waals surface area contributed by atoms with E-state index in [1.165, 1.54) is 13.1 Å². The van der Waals surface area contributed by atoms with Gasteiger partial charge in [-0.1, -0.05) is 61.5 Å². The third-order valence-corrected chi connectivity index (χ3v) is 7.62. The minimum Gasteiger partial charge on any atom is -0.478 e. The molecule has 4 aromatic rings. The topological polar surface area (TPSA) is 128 Å². The molecule has 5 rings (SSSR count). The van der Waals surface area contributed by atoms with Gasteiger partial charge in [-0.15, -0.1) is 0 Å². The largest absolute Gasteiger partial charge is 0.478 e. The van der Waals surface area contributed by atoms with Crippen molar-refractivity contribution in [3.05, 3.63) is 124 Å². The molecule has 1 aliphatic rings. The number of nitrogens with one attached hydrogen (secondary N) is 3. The number of benzene rings is 4. The molecule has 4 aromatic carbocycles. The number of carboxylic acids is 1. The summed E-state index contributed by atoms with van der Waals surface area (Å²) in [6, 6.07) is 28.7. The van der Waals surface area contributed by atoms with Crippen LogP contribution in [-0.4, -0.2) is 29.9 Å². The van der Waals surface area contributed by atoms with E-state index >= 15 is 0 Å². The molecule has 0 saturated heterocycles. The molecule has 0 radical (unpaired) electrons. The van der Waals surface area contributed by atoms with Crippen LogP contribution in [0.3, 0.4) is 0 Å². The van der Waals surface area contributed by atoms with Crippen molar-refractivity contribution in [3.8, 4) is 11.1 Å². The van der Waals surface area contributed by atoms with Crippen molar-refractivity contribution in [2.45, 2.75) is 24.8 Å². The Balaban J connectivity index is 1.59. The molecule has 6 N–H and O–H groups in total. The first kappa shape index (κ1) is 25.7. The summed E-state index contributed by atoms with van der Waals surface area (Å²) in [6.45, 7) is 2.21. The van der Waals surface area contributed by atoms with Gasteiger partial charge in [0.05, 0.1) is 11.6 Å². The van der Waals surface area contributed by atoms with E-state index in [1.807, 2.05) is 60.7 Å². The molecule has 0 bridgehead atoms. The van der Waals surface area contributed by atoms with Crippen LogP contribution in [0.15, 0.2) is 91.0 Å². The number of amidine groups is 1. The zero-order chi connectivity index (χ0) is 27.7. The average molecular weight is 519 g/mol. The third-order valence-electron chi connectivity index (χ3n) is 7.62. The number of carbonyl (C=O) groups is 2. The Bertz CT molecular complexity index is 1600. The lowest BCUT2D eigenvalue weighted by molar-refractivity contribution is 0.0697. The average Bonchev–Trinajstić information content (AvgIpc) is 2.96. The number of rotatable bonds is 6. The molecule has 0 aliphatic carbocycles. The summed E-state index contributed by atoms with van der Waals surface area (Å²) < 4.78 is 0. The maximum absolute atomic E-state index is 12.1. The van der Waals surface area contributed by atoms with Gasteiger partial charge < -0.3 is 21.5 Å². The van der Waals surface area contributed by atoms with Gasteiger partial charge in [-0.25, -0.2) is 4.79 Å². The van der Waals surface area contributed by atoms with Crippen molar-refractivity contribution in [3.63, 3.8) is 0 Å². The van der Waals surface area contributed by atoms with Crippen LogP contribution in [0.4, 0.5) is 5.69 Å². The summed E-state index contributed by atoms with van der Waals surface area (Å²) in [5.41, 5.74) is 12.0. The van der Waals surface area contributed by atoms with Crippen LogP contribution in [0.25, 0.3) is 11.1 Å². The maximum Gasteiger partial charge on any atom is 0.336 e. The number of fused-ring (bicyclic) bond motifs is 1. The predicted octanol–water partition coefficient (Wildman–Crippen LogP) is 5.56. The maximum atomic E-state index is 12.1. The van der Waals surface area contributed by atoms with E-state index in [9.17, 15) is 14.7 Å². The molecule has 39 heavy (non-hydrogen) atoms. The van der Waals surface area contributed by atoms with Crippen LogP contribution in [-0.2, 0) is 5.41 Å². The summed E-state index contributed by atoms with van der Waals surface area (Å²) >= 11 is 0. The predicted molar refractivity (Wildman–Crippen MR) is 154 cm³/mol. The molecule has 0 aromatic heterocycles. The standard InChI is InChI=1S/C32H30N4O3/c1-32(23-9-4-3-5-10-23)18-28(36-27-14-12-21(29(33)34)17-26(27)32)20-8-6-7-19(15-20)24-13-11-22(30(37)35-2)16-25(24)31(38)39/h3-17,28,36H,18H2,1-2H3,(H3,33,34)(H,35,37)(H,38,39). The second-order valence-corrected chi connectivity index (χ2v) is 10.0. The molecular formula is C32H30N4O3. The van der Waals surface area contributed by atoms with Crippen molar-refractivity contribution in [1.29, 1.82) is 5.41 Å². The molecule has 7 heteroatoms. The number of aromatic carboxylic acids is 1. The molecule has 196 valence electrons. The molecule has 7 nitrogen and oxygen atoms in total. The fourth-order valence-electron chi connectivity index (χ4n) is 5.51.